The number of thiophene rings is 1. The van der Waals surface area contributed by atoms with Gasteiger partial charge in [-0.3, -0.25) is 4.79 Å². The summed E-state index contributed by atoms with van der Waals surface area (Å²) in [5.41, 5.74) is 5.52. The summed E-state index contributed by atoms with van der Waals surface area (Å²) in [5.74, 6) is -0.428. The van der Waals surface area contributed by atoms with Crippen LogP contribution in [0.2, 0.25) is 5.02 Å². The van der Waals surface area contributed by atoms with Gasteiger partial charge < -0.3 is 10.1 Å². The number of ether oxygens (including phenoxy) is 1. The SMILES string of the molecule is Cc1ccc(-c2csc(NC(=O)[C@H]3C[C@@H]3c3ccc(Cl)cc3)c2C(=O)OC(C)C)c(C)c1. The monoisotopic (exact) mass is 467 g/mol. The first kappa shape index (κ1) is 22.6. The molecule has 0 aliphatic heterocycles. The highest BCUT2D eigenvalue weighted by Gasteiger charge is 2.44. The normalized spacial score (nSPS) is 17.3. The maximum atomic E-state index is 13.0. The summed E-state index contributed by atoms with van der Waals surface area (Å²) in [6.45, 7) is 7.70. The van der Waals surface area contributed by atoms with Crippen LogP contribution in [-0.4, -0.2) is 18.0 Å². The number of halogens is 1. The van der Waals surface area contributed by atoms with Crippen molar-refractivity contribution in [3.05, 3.63) is 75.1 Å². The van der Waals surface area contributed by atoms with Crippen LogP contribution in [0.5, 0.6) is 0 Å². The van der Waals surface area contributed by atoms with Crippen LogP contribution in [0.4, 0.5) is 5.00 Å². The Morgan fingerprint density at radius 3 is 2.47 bits per heavy atom. The minimum Gasteiger partial charge on any atom is -0.459 e. The second-order valence-corrected chi connectivity index (χ2v) is 9.93. The second-order valence-electron chi connectivity index (χ2n) is 8.62. The zero-order chi connectivity index (χ0) is 23.0. The van der Waals surface area contributed by atoms with Crippen molar-refractivity contribution in [3.63, 3.8) is 0 Å². The summed E-state index contributed by atoms with van der Waals surface area (Å²) in [4.78, 5) is 26.0. The molecule has 0 unspecified atom stereocenters. The molecule has 0 bridgehead atoms. The summed E-state index contributed by atoms with van der Waals surface area (Å²) in [6, 6.07) is 13.8. The first-order valence-corrected chi connectivity index (χ1v) is 12.0. The highest BCUT2D eigenvalue weighted by molar-refractivity contribution is 7.15. The van der Waals surface area contributed by atoms with E-state index in [1.807, 2.05) is 69.5 Å². The lowest BCUT2D eigenvalue weighted by molar-refractivity contribution is -0.117. The molecule has 1 fully saturated rings. The van der Waals surface area contributed by atoms with Crippen LogP contribution in [0, 0.1) is 19.8 Å². The molecule has 1 N–H and O–H groups in total. The number of nitrogens with one attached hydrogen (secondary N) is 1. The molecule has 166 valence electrons. The lowest BCUT2D eigenvalue weighted by Gasteiger charge is -2.13. The Morgan fingerprint density at radius 2 is 1.81 bits per heavy atom. The van der Waals surface area contributed by atoms with Crippen molar-refractivity contribution in [2.24, 2.45) is 5.92 Å². The number of esters is 1. The van der Waals surface area contributed by atoms with Gasteiger partial charge in [-0.25, -0.2) is 4.79 Å². The second kappa shape index (κ2) is 9.08. The third-order valence-corrected chi connectivity index (χ3v) is 6.82. The molecule has 6 heteroatoms. The minimum absolute atomic E-state index is 0.0717. The number of hydrogen-bond donors (Lipinski definition) is 1. The van der Waals surface area contributed by atoms with Crippen LogP contribution in [0.15, 0.2) is 47.8 Å². The third-order valence-electron chi connectivity index (χ3n) is 5.67. The number of benzene rings is 2. The number of rotatable bonds is 6. The predicted octanol–water partition coefficient (Wildman–Crippen LogP) is 6.99. The quantitative estimate of drug-likeness (QED) is 0.397. The van der Waals surface area contributed by atoms with Gasteiger partial charge in [-0.15, -0.1) is 11.3 Å². The lowest BCUT2D eigenvalue weighted by atomic mass is 9.97. The van der Waals surface area contributed by atoms with E-state index >= 15 is 0 Å². The van der Waals surface area contributed by atoms with E-state index in [1.54, 1.807) is 0 Å². The van der Waals surface area contributed by atoms with Crippen molar-refractivity contribution < 1.29 is 14.3 Å². The summed E-state index contributed by atoms with van der Waals surface area (Å²) in [7, 11) is 0. The first-order valence-electron chi connectivity index (χ1n) is 10.7. The molecule has 4 nitrogen and oxygen atoms in total. The summed E-state index contributed by atoms with van der Waals surface area (Å²) >= 11 is 7.34. The molecule has 2 aromatic carbocycles. The minimum atomic E-state index is -0.420. The molecular weight excluding hydrogens is 442 g/mol. The van der Waals surface area contributed by atoms with E-state index in [4.69, 9.17) is 16.3 Å². The number of aryl methyl sites for hydroxylation is 2. The first-order chi connectivity index (χ1) is 15.2. The lowest BCUT2D eigenvalue weighted by Crippen LogP contribution is -2.18. The van der Waals surface area contributed by atoms with E-state index in [1.165, 1.54) is 11.3 Å². The number of carbonyl (C=O) groups excluding carboxylic acids is 2. The van der Waals surface area contributed by atoms with Gasteiger partial charge in [-0.1, -0.05) is 47.5 Å². The molecule has 1 aromatic heterocycles. The van der Waals surface area contributed by atoms with Gasteiger partial charge in [0.05, 0.1) is 6.10 Å². The molecule has 32 heavy (non-hydrogen) atoms. The Hall–Kier alpha value is -2.63. The van der Waals surface area contributed by atoms with Gasteiger partial charge in [0, 0.05) is 21.9 Å². The van der Waals surface area contributed by atoms with Crippen molar-refractivity contribution in [1.29, 1.82) is 0 Å². The smallest absolute Gasteiger partial charge is 0.342 e. The number of hydrogen-bond acceptors (Lipinski definition) is 4. The van der Waals surface area contributed by atoms with Gasteiger partial charge in [0.15, 0.2) is 0 Å². The largest absolute Gasteiger partial charge is 0.459 e. The van der Waals surface area contributed by atoms with Crippen molar-refractivity contribution in [2.75, 3.05) is 5.32 Å². The maximum absolute atomic E-state index is 13.0. The molecule has 0 spiro atoms. The van der Waals surface area contributed by atoms with Gasteiger partial charge in [0.1, 0.15) is 10.6 Å². The van der Waals surface area contributed by atoms with Gasteiger partial charge in [0.25, 0.3) is 0 Å². The van der Waals surface area contributed by atoms with E-state index in [9.17, 15) is 9.59 Å². The van der Waals surface area contributed by atoms with E-state index in [0.717, 1.165) is 34.2 Å². The van der Waals surface area contributed by atoms with Crippen LogP contribution in [-0.2, 0) is 9.53 Å². The van der Waals surface area contributed by atoms with Gasteiger partial charge in [-0.2, -0.15) is 0 Å². The van der Waals surface area contributed by atoms with Crippen molar-refractivity contribution in [3.8, 4) is 11.1 Å². The summed E-state index contributed by atoms with van der Waals surface area (Å²) < 4.78 is 5.52. The molecule has 1 aliphatic rings. The Kier molecular flexibility index (Phi) is 6.40. The van der Waals surface area contributed by atoms with Gasteiger partial charge >= 0.3 is 5.97 Å². The highest BCUT2D eigenvalue weighted by atomic mass is 35.5. The van der Waals surface area contributed by atoms with Crippen LogP contribution in [0.25, 0.3) is 11.1 Å². The number of amides is 1. The molecule has 1 heterocycles. The Morgan fingerprint density at radius 1 is 1.09 bits per heavy atom. The molecule has 1 aliphatic carbocycles. The van der Waals surface area contributed by atoms with Gasteiger partial charge in [0.2, 0.25) is 5.91 Å². The third kappa shape index (κ3) is 4.74. The zero-order valence-corrected chi connectivity index (χ0v) is 20.1. The topological polar surface area (TPSA) is 55.4 Å². The van der Waals surface area contributed by atoms with E-state index in [0.29, 0.717) is 15.6 Å². The van der Waals surface area contributed by atoms with Crippen molar-refractivity contribution in [1.82, 2.24) is 0 Å². The number of carbonyl (C=O) groups is 2. The number of anilines is 1. The molecule has 0 radical (unpaired) electrons. The van der Waals surface area contributed by atoms with Crippen LogP contribution in [0.1, 0.15) is 53.2 Å². The molecule has 2 atom stereocenters. The highest BCUT2D eigenvalue weighted by Crippen LogP contribution is 2.49. The van der Waals surface area contributed by atoms with Gasteiger partial charge in [-0.05, 0) is 68.9 Å². The standard InChI is InChI=1S/C26H26ClNO3S/c1-14(2)31-26(30)23-22(19-10-5-15(3)11-16(19)4)13-32-25(23)28-24(29)21-12-20(21)17-6-8-18(27)9-7-17/h5-11,13-14,20-21H,12H2,1-4H3,(H,28,29)/t20-,21+/m1/s1. The Bertz CT molecular complexity index is 1170. The fraction of sp³-hybridized carbons (Fsp3) is 0.308. The Labute approximate surface area is 197 Å². The van der Waals surface area contributed by atoms with Crippen LogP contribution < -0.4 is 5.32 Å². The van der Waals surface area contributed by atoms with E-state index < -0.39 is 5.97 Å². The molecule has 1 amide bonds. The summed E-state index contributed by atoms with van der Waals surface area (Å²) in [6.07, 6.45) is 0.532. The fourth-order valence-electron chi connectivity index (χ4n) is 4.01. The zero-order valence-electron chi connectivity index (χ0n) is 18.6. The predicted molar refractivity (Wildman–Crippen MR) is 131 cm³/mol. The van der Waals surface area contributed by atoms with Crippen molar-refractivity contribution in [2.45, 2.75) is 46.1 Å². The average molecular weight is 468 g/mol. The maximum Gasteiger partial charge on any atom is 0.342 e. The fourth-order valence-corrected chi connectivity index (χ4v) is 5.08. The molecule has 1 saturated carbocycles. The molecule has 0 saturated heterocycles. The molecular formula is C26H26ClNO3S. The molecule has 3 aromatic rings. The van der Waals surface area contributed by atoms with E-state index in [2.05, 4.69) is 11.4 Å². The average Bonchev–Trinajstić information content (AvgIpc) is 3.42. The van der Waals surface area contributed by atoms with E-state index in [-0.39, 0.29) is 23.8 Å². The summed E-state index contributed by atoms with van der Waals surface area (Å²) in [5, 5.41) is 6.16. The van der Waals surface area contributed by atoms with Crippen LogP contribution in [0.3, 0.4) is 0 Å². The molecule has 4 rings (SSSR count). The van der Waals surface area contributed by atoms with Crippen molar-refractivity contribution >= 4 is 39.8 Å². The van der Waals surface area contributed by atoms with Crippen LogP contribution >= 0.6 is 22.9 Å². The Balaban J connectivity index is 1.61.